The van der Waals surface area contributed by atoms with Crippen molar-refractivity contribution in [3.8, 4) is 5.69 Å². The fourth-order valence-electron chi connectivity index (χ4n) is 2.00. The van der Waals surface area contributed by atoms with Gasteiger partial charge in [0.25, 0.3) is 5.95 Å². The van der Waals surface area contributed by atoms with Gasteiger partial charge in [0.15, 0.2) is 0 Å². The second kappa shape index (κ2) is 7.37. The van der Waals surface area contributed by atoms with Crippen LogP contribution < -0.4 is 4.90 Å². The second-order valence-corrected chi connectivity index (χ2v) is 4.45. The number of benzene rings is 1. The van der Waals surface area contributed by atoms with E-state index in [4.69, 9.17) is 4.74 Å². The van der Waals surface area contributed by atoms with Crippen LogP contribution in [0.2, 0.25) is 0 Å². The van der Waals surface area contributed by atoms with Crippen LogP contribution in [0.5, 0.6) is 0 Å². The van der Waals surface area contributed by atoms with Crippen LogP contribution in [-0.4, -0.2) is 45.9 Å². The maximum absolute atomic E-state index is 11.7. The van der Waals surface area contributed by atoms with Crippen LogP contribution in [0.15, 0.2) is 30.3 Å². The largest absolute Gasteiger partial charge is 0.465 e. The molecule has 1 heterocycles. The molecular formula is C14H19N5O2. The van der Waals surface area contributed by atoms with Crippen molar-refractivity contribution >= 4 is 11.9 Å². The van der Waals surface area contributed by atoms with Gasteiger partial charge in [-0.1, -0.05) is 30.2 Å². The van der Waals surface area contributed by atoms with E-state index >= 15 is 0 Å². The Morgan fingerprint density at radius 2 is 2.05 bits per heavy atom. The molecule has 7 heteroatoms. The smallest absolute Gasteiger partial charge is 0.325 e. The lowest BCUT2D eigenvalue weighted by atomic mass is 10.3. The highest BCUT2D eigenvalue weighted by Crippen LogP contribution is 2.15. The summed E-state index contributed by atoms with van der Waals surface area (Å²) in [5.74, 6) is 0.254. The van der Waals surface area contributed by atoms with Crippen LogP contribution in [0, 0.1) is 0 Å². The van der Waals surface area contributed by atoms with Gasteiger partial charge in [0.1, 0.15) is 6.54 Å². The van der Waals surface area contributed by atoms with E-state index in [9.17, 15) is 4.79 Å². The molecule has 1 aromatic heterocycles. The molecule has 0 bridgehead atoms. The molecule has 0 amide bonds. The first-order valence-electron chi connectivity index (χ1n) is 7.00. The van der Waals surface area contributed by atoms with Crippen molar-refractivity contribution in [1.29, 1.82) is 0 Å². The SMILES string of the molecule is CCCN(CC(=O)OCC)c1nnnn1-c1ccccc1. The van der Waals surface area contributed by atoms with Crippen molar-refractivity contribution in [3.63, 3.8) is 0 Å². The molecule has 0 saturated carbocycles. The van der Waals surface area contributed by atoms with Gasteiger partial charge in [-0.3, -0.25) is 4.79 Å². The molecule has 0 spiro atoms. The van der Waals surface area contributed by atoms with E-state index in [2.05, 4.69) is 15.5 Å². The molecule has 0 aliphatic carbocycles. The van der Waals surface area contributed by atoms with Crippen LogP contribution in [-0.2, 0) is 9.53 Å². The summed E-state index contributed by atoms with van der Waals surface area (Å²) < 4.78 is 6.62. The monoisotopic (exact) mass is 289 g/mol. The highest BCUT2D eigenvalue weighted by Gasteiger charge is 2.19. The van der Waals surface area contributed by atoms with E-state index in [-0.39, 0.29) is 12.5 Å². The van der Waals surface area contributed by atoms with Crippen LogP contribution in [0.3, 0.4) is 0 Å². The molecular weight excluding hydrogens is 270 g/mol. The lowest BCUT2D eigenvalue weighted by Gasteiger charge is -2.21. The Balaban J connectivity index is 2.25. The van der Waals surface area contributed by atoms with Crippen LogP contribution in [0.1, 0.15) is 20.3 Å². The molecule has 0 unspecified atom stereocenters. The third-order valence-corrected chi connectivity index (χ3v) is 2.86. The molecule has 7 nitrogen and oxygen atoms in total. The minimum absolute atomic E-state index is 0.134. The van der Waals surface area contributed by atoms with Crippen molar-refractivity contribution in [3.05, 3.63) is 30.3 Å². The van der Waals surface area contributed by atoms with Gasteiger partial charge in [0.2, 0.25) is 0 Å². The lowest BCUT2D eigenvalue weighted by molar-refractivity contribution is -0.141. The van der Waals surface area contributed by atoms with Crippen molar-refractivity contribution in [2.75, 3.05) is 24.6 Å². The van der Waals surface area contributed by atoms with Gasteiger partial charge in [0, 0.05) is 6.54 Å². The highest BCUT2D eigenvalue weighted by atomic mass is 16.5. The Morgan fingerprint density at radius 1 is 1.29 bits per heavy atom. The quantitative estimate of drug-likeness (QED) is 0.718. The molecule has 0 aliphatic heterocycles. The number of hydrogen-bond donors (Lipinski definition) is 0. The molecule has 0 saturated heterocycles. The fourth-order valence-corrected chi connectivity index (χ4v) is 2.00. The first kappa shape index (κ1) is 15.0. The average Bonchev–Trinajstić information content (AvgIpc) is 2.97. The molecule has 112 valence electrons. The number of para-hydroxylation sites is 1. The van der Waals surface area contributed by atoms with Gasteiger partial charge < -0.3 is 9.64 Å². The number of tetrazole rings is 1. The Kier molecular flexibility index (Phi) is 5.25. The Morgan fingerprint density at radius 3 is 2.71 bits per heavy atom. The van der Waals surface area contributed by atoms with E-state index in [1.54, 1.807) is 11.6 Å². The zero-order valence-electron chi connectivity index (χ0n) is 12.3. The number of rotatable bonds is 7. The van der Waals surface area contributed by atoms with E-state index in [1.807, 2.05) is 42.2 Å². The summed E-state index contributed by atoms with van der Waals surface area (Å²) in [6, 6.07) is 9.57. The maximum Gasteiger partial charge on any atom is 0.325 e. The third kappa shape index (κ3) is 3.77. The summed E-state index contributed by atoms with van der Waals surface area (Å²) in [5, 5.41) is 11.8. The van der Waals surface area contributed by atoms with Crippen molar-refractivity contribution < 1.29 is 9.53 Å². The molecule has 0 fully saturated rings. The summed E-state index contributed by atoms with van der Waals surface area (Å²) in [5.41, 5.74) is 0.850. The number of carbonyl (C=O) groups excluding carboxylic acids is 1. The Bertz CT molecular complexity index is 570. The van der Waals surface area contributed by atoms with Crippen LogP contribution in [0.25, 0.3) is 5.69 Å². The maximum atomic E-state index is 11.7. The highest BCUT2D eigenvalue weighted by molar-refractivity contribution is 5.75. The van der Waals surface area contributed by atoms with Gasteiger partial charge in [-0.25, -0.2) is 0 Å². The molecule has 2 rings (SSSR count). The molecule has 21 heavy (non-hydrogen) atoms. The van der Waals surface area contributed by atoms with Crippen LogP contribution in [0.4, 0.5) is 5.95 Å². The van der Waals surface area contributed by atoms with Gasteiger partial charge in [0.05, 0.1) is 12.3 Å². The molecule has 0 radical (unpaired) electrons. The zero-order valence-corrected chi connectivity index (χ0v) is 12.3. The predicted molar refractivity (Wildman–Crippen MR) is 78.3 cm³/mol. The molecule has 1 aromatic carbocycles. The number of esters is 1. The molecule has 2 aromatic rings. The summed E-state index contributed by atoms with van der Waals surface area (Å²) in [4.78, 5) is 13.6. The number of carbonyl (C=O) groups is 1. The summed E-state index contributed by atoms with van der Waals surface area (Å²) in [6.45, 7) is 4.99. The van der Waals surface area contributed by atoms with Crippen molar-refractivity contribution in [1.82, 2.24) is 20.2 Å². The predicted octanol–water partition coefficient (Wildman–Crippen LogP) is 1.44. The Hall–Kier alpha value is -2.44. The van der Waals surface area contributed by atoms with Gasteiger partial charge >= 0.3 is 5.97 Å². The standard InChI is InChI=1S/C14H19N5O2/c1-3-10-18(11-13(20)21-4-2)14-15-16-17-19(14)12-8-6-5-7-9-12/h5-9H,3-4,10-11H2,1-2H3. The number of ether oxygens (including phenoxy) is 1. The second-order valence-electron chi connectivity index (χ2n) is 4.45. The molecule has 0 atom stereocenters. The third-order valence-electron chi connectivity index (χ3n) is 2.86. The average molecular weight is 289 g/mol. The number of aromatic nitrogens is 4. The van der Waals surface area contributed by atoms with Gasteiger partial charge in [-0.2, -0.15) is 4.68 Å². The van der Waals surface area contributed by atoms with Gasteiger partial charge in [-0.05, 0) is 35.9 Å². The zero-order chi connectivity index (χ0) is 15.1. The van der Waals surface area contributed by atoms with E-state index in [1.165, 1.54) is 0 Å². The van der Waals surface area contributed by atoms with E-state index in [0.717, 1.165) is 12.1 Å². The minimum atomic E-state index is -0.284. The van der Waals surface area contributed by atoms with E-state index in [0.29, 0.717) is 19.1 Å². The van der Waals surface area contributed by atoms with Crippen LogP contribution >= 0.6 is 0 Å². The number of hydrogen-bond acceptors (Lipinski definition) is 6. The number of nitrogens with zero attached hydrogens (tertiary/aromatic N) is 5. The minimum Gasteiger partial charge on any atom is -0.465 e. The van der Waals surface area contributed by atoms with Gasteiger partial charge in [-0.15, -0.1) is 0 Å². The fraction of sp³-hybridized carbons (Fsp3) is 0.429. The van der Waals surface area contributed by atoms with E-state index < -0.39 is 0 Å². The summed E-state index contributed by atoms with van der Waals surface area (Å²) in [7, 11) is 0. The number of anilines is 1. The lowest BCUT2D eigenvalue weighted by Crippen LogP contribution is -2.33. The molecule has 0 N–H and O–H groups in total. The normalized spacial score (nSPS) is 10.4. The topological polar surface area (TPSA) is 73.1 Å². The summed E-state index contributed by atoms with van der Waals surface area (Å²) >= 11 is 0. The summed E-state index contributed by atoms with van der Waals surface area (Å²) in [6.07, 6.45) is 0.876. The van der Waals surface area contributed by atoms with Crippen molar-refractivity contribution in [2.45, 2.75) is 20.3 Å². The Labute approximate surface area is 123 Å². The van der Waals surface area contributed by atoms with Crippen molar-refractivity contribution in [2.24, 2.45) is 0 Å². The molecule has 0 aliphatic rings. The first-order chi connectivity index (χ1) is 10.3. The first-order valence-corrected chi connectivity index (χ1v) is 7.00.